The first-order valence-corrected chi connectivity index (χ1v) is 5.32. The van der Waals surface area contributed by atoms with Crippen LogP contribution in [-0.2, 0) is 10.1 Å². The van der Waals surface area contributed by atoms with Crippen molar-refractivity contribution in [1.82, 2.24) is 0 Å². The zero-order chi connectivity index (χ0) is 10.6. The molecule has 0 amide bonds. The molecule has 1 aromatic carbocycles. The molecule has 0 atom stereocenters. The highest BCUT2D eigenvalue weighted by molar-refractivity contribution is 7.88. The van der Waals surface area contributed by atoms with Crippen LogP contribution in [0.15, 0.2) is 29.7 Å². The summed E-state index contributed by atoms with van der Waals surface area (Å²) < 4.78 is 34.3. The van der Waals surface area contributed by atoms with Crippen molar-refractivity contribution in [3.8, 4) is 5.75 Å². The van der Waals surface area contributed by atoms with E-state index in [2.05, 4.69) is 0 Å². The zero-order valence-electron chi connectivity index (χ0n) is 7.54. The molecule has 0 saturated heterocycles. The fraction of sp³-hybridized carbons (Fsp3) is 0.111. The van der Waals surface area contributed by atoms with Gasteiger partial charge in [-0.1, -0.05) is 18.2 Å². The number of ether oxygens (including phenoxy) is 1. The van der Waals surface area contributed by atoms with Gasteiger partial charge in [0, 0.05) is 5.56 Å². The number of hydrogen-bond donors (Lipinski definition) is 1. The van der Waals surface area contributed by atoms with Gasteiger partial charge in [0.15, 0.2) is 0 Å². The van der Waals surface area contributed by atoms with Gasteiger partial charge in [-0.05, 0) is 12.1 Å². The van der Waals surface area contributed by atoms with Crippen molar-refractivity contribution in [1.29, 1.82) is 0 Å². The van der Waals surface area contributed by atoms with Crippen LogP contribution in [0.25, 0.3) is 6.08 Å². The molecule has 0 saturated carbocycles. The Hall–Kier alpha value is -1.33. The van der Waals surface area contributed by atoms with Crippen LogP contribution in [-0.4, -0.2) is 20.1 Å². The Bertz CT molecular complexity index is 434. The predicted molar refractivity (Wildman–Crippen MR) is 53.6 cm³/mol. The number of methoxy groups -OCH3 is 1. The Labute approximate surface area is 82.6 Å². The van der Waals surface area contributed by atoms with Gasteiger partial charge >= 0.3 is 0 Å². The summed E-state index contributed by atoms with van der Waals surface area (Å²) in [6, 6.07) is 6.89. The molecule has 1 N–H and O–H groups in total. The average Bonchev–Trinajstić information content (AvgIpc) is 2.14. The first kappa shape index (κ1) is 10.7. The Morgan fingerprint density at radius 2 is 2.00 bits per heavy atom. The van der Waals surface area contributed by atoms with E-state index in [1.165, 1.54) is 13.2 Å². The molecule has 0 aliphatic carbocycles. The van der Waals surface area contributed by atoms with Crippen LogP contribution < -0.4 is 4.74 Å². The van der Waals surface area contributed by atoms with Crippen molar-refractivity contribution in [2.24, 2.45) is 0 Å². The number of benzene rings is 1. The number of para-hydroxylation sites is 1. The second-order valence-electron chi connectivity index (χ2n) is 2.56. The van der Waals surface area contributed by atoms with Gasteiger partial charge in [0.1, 0.15) is 5.75 Å². The third-order valence-corrected chi connectivity index (χ3v) is 2.04. The van der Waals surface area contributed by atoms with Gasteiger partial charge in [0.05, 0.1) is 12.5 Å². The minimum atomic E-state index is -4.08. The summed E-state index contributed by atoms with van der Waals surface area (Å²) in [4.78, 5) is 0. The van der Waals surface area contributed by atoms with Crippen LogP contribution in [0.3, 0.4) is 0 Å². The Balaban J connectivity index is 3.03. The van der Waals surface area contributed by atoms with Gasteiger partial charge in [-0.3, -0.25) is 4.55 Å². The number of rotatable bonds is 3. The van der Waals surface area contributed by atoms with Gasteiger partial charge in [-0.2, -0.15) is 8.42 Å². The van der Waals surface area contributed by atoms with E-state index in [0.29, 0.717) is 16.7 Å². The van der Waals surface area contributed by atoms with Gasteiger partial charge in [-0.15, -0.1) is 0 Å². The molecule has 0 aliphatic heterocycles. The third-order valence-electron chi connectivity index (χ3n) is 1.56. The van der Waals surface area contributed by atoms with Crippen LogP contribution >= 0.6 is 0 Å². The normalized spacial score (nSPS) is 11.9. The van der Waals surface area contributed by atoms with E-state index in [9.17, 15) is 8.42 Å². The molecule has 0 spiro atoms. The largest absolute Gasteiger partial charge is 0.496 e. The lowest BCUT2D eigenvalue weighted by Gasteiger charge is -2.02. The first-order chi connectivity index (χ1) is 6.53. The smallest absolute Gasteiger partial charge is 0.287 e. The third kappa shape index (κ3) is 3.20. The minimum absolute atomic E-state index is 0.549. The second kappa shape index (κ2) is 4.26. The van der Waals surface area contributed by atoms with Gasteiger partial charge in [-0.25, -0.2) is 0 Å². The Kier molecular flexibility index (Phi) is 3.27. The van der Waals surface area contributed by atoms with Crippen molar-refractivity contribution in [3.05, 3.63) is 35.2 Å². The summed E-state index contributed by atoms with van der Waals surface area (Å²) in [6.45, 7) is 0. The summed E-state index contributed by atoms with van der Waals surface area (Å²) in [5.74, 6) is 0.549. The Morgan fingerprint density at radius 3 is 2.57 bits per heavy atom. The minimum Gasteiger partial charge on any atom is -0.496 e. The molecule has 5 heteroatoms. The molecular weight excluding hydrogens is 204 g/mol. The molecular formula is C9H10O4S. The van der Waals surface area contributed by atoms with Crippen molar-refractivity contribution in [2.75, 3.05) is 7.11 Å². The fourth-order valence-electron chi connectivity index (χ4n) is 0.963. The molecule has 0 unspecified atom stereocenters. The standard InChI is InChI=1S/C9H10O4S/c1-13-9-5-3-2-4-8(9)6-7-14(10,11)12/h2-7H,1H3,(H,10,11,12). The van der Waals surface area contributed by atoms with E-state index >= 15 is 0 Å². The van der Waals surface area contributed by atoms with Gasteiger partial charge in [0.25, 0.3) is 10.1 Å². The molecule has 1 aromatic rings. The predicted octanol–water partition coefficient (Wildman–Crippen LogP) is 1.55. The quantitative estimate of drug-likeness (QED) is 0.775. The monoisotopic (exact) mass is 214 g/mol. The SMILES string of the molecule is COc1ccccc1C=CS(=O)(=O)O. The molecule has 14 heavy (non-hydrogen) atoms. The second-order valence-corrected chi connectivity index (χ2v) is 3.86. The zero-order valence-corrected chi connectivity index (χ0v) is 8.36. The lowest BCUT2D eigenvalue weighted by Crippen LogP contribution is -1.90. The van der Waals surface area contributed by atoms with E-state index in [-0.39, 0.29) is 0 Å². The van der Waals surface area contributed by atoms with E-state index in [0.717, 1.165) is 0 Å². The summed E-state index contributed by atoms with van der Waals surface area (Å²) in [7, 11) is -2.60. The van der Waals surface area contributed by atoms with Crippen LogP contribution in [0.1, 0.15) is 5.56 Å². The lowest BCUT2D eigenvalue weighted by molar-refractivity contribution is 0.414. The summed E-state index contributed by atoms with van der Waals surface area (Å²) >= 11 is 0. The molecule has 0 aromatic heterocycles. The van der Waals surface area contributed by atoms with Crippen molar-refractivity contribution < 1.29 is 17.7 Å². The molecule has 1 rings (SSSR count). The van der Waals surface area contributed by atoms with Crippen LogP contribution in [0, 0.1) is 0 Å². The Morgan fingerprint density at radius 1 is 1.36 bits per heavy atom. The molecule has 0 bridgehead atoms. The van der Waals surface area contributed by atoms with Crippen LogP contribution in [0.2, 0.25) is 0 Å². The molecule has 4 nitrogen and oxygen atoms in total. The molecule has 0 radical (unpaired) electrons. The summed E-state index contributed by atoms with van der Waals surface area (Å²) in [5, 5.41) is 0.713. The molecule has 76 valence electrons. The molecule has 0 aliphatic rings. The first-order valence-electron chi connectivity index (χ1n) is 3.81. The lowest BCUT2D eigenvalue weighted by atomic mass is 10.2. The van der Waals surface area contributed by atoms with Gasteiger partial charge < -0.3 is 4.74 Å². The highest BCUT2D eigenvalue weighted by Gasteiger charge is 1.99. The fourth-order valence-corrected chi connectivity index (χ4v) is 1.28. The van der Waals surface area contributed by atoms with Crippen molar-refractivity contribution >= 4 is 16.2 Å². The molecule has 0 heterocycles. The summed E-state index contributed by atoms with van der Waals surface area (Å²) in [5.41, 5.74) is 0.590. The maximum Gasteiger partial charge on any atom is 0.287 e. The van der Waals surface area contributed by atoms with E-state index in [1.54, 1.807) is 24.3 Å². The highest BCUT2D eigenvalue weighted by Crippen LogP contribution is 2.18. The van der Waals surface area contributed by atoms with Crippen LogP contribution in [0.4, 0.5) is 0 Å². The van der Waals surface area contributed by atoms with E-state index < -0.39 is 10.1 Å². The highest BCUT2D eigenvalue weighted by atomic mass is 32.2. The van der Waals surface area contributed by atoms with E-state index in [4.69, 9.17) is 9.29 Å². The van der Waals surface area contributed by atoms with Gasteiger partial charge in [0.2, 0.25) is 0 Å². The summed E-state index contributed by atoms with van der Waals surface area (Å²) in [6.07, 6.45) is 1.27. The van der Waals surface area contributed by atoms with Crippen molar-refractivity contribution in [2.45, 2.75) is 0 Å². The van der Waals surface area contributed by atoms with E-state index in [1.807, 2.05) is 0 Å². The maximum atomic E-state index is 10.4. The number of hydrogen-bond acceptors (Lipinski definition) is 3. The molecule has 0 fully saturated rings. The van der Waals surface area contributed by atoms with Crippen molar-refractivity contribution in [3.63, 3.8) is 0 Å². The maximum absolute atomic E-state index is 10.4. The van der Waals surface area contributed by atoms with Crippen LogP contribution in [0.5, 0.6) is 5.75 Å². The topological polar surface area (TPSA) is 63.6 Å². The average molecular weight is 214 g/mol.